The number of benzene rings is 2. The third kappa shape index (κ3) is 3.93. The summed E-state index contributed by atoms with van der Waals surface area (Å²) in [4.78, 5) is 12.8. The Kier molecular flexibility index (Phi) is 6.45. The minimum absolute atomic E-state index is 0.125. The molecule has 0 radical (unpaired) electrons. The van der Waals surface area contributed by atoms with Gasteiger partial charge in [0.25, 0.3) is 15.9 Å². The maximum absolute atomic E-state index is 13.4. The highest BCUT2D eigenvalue weighted by molar-refractivity contribution is 7.97. The minimum atomic E-state index is -4.07. The number of ether oxygens (including phenoxy) is 3. The second-order valence-electron chi connectivity index (χ2n) is 6.84. The number of carbonyl (C=O) groups excluding carboxylic acids is 1. The van der Waals surface area contributed by atoms with Gasteiger partial charge in [-0.2, -0.15) is 0 Å². The number of carbonyl (C=O) groups is 1. The van der Waals surface area contributed by atoms with Crippen LogP contribution in [0.4, 0.5) is 5.69 Å². The zero-order valence-electron chi connectivity index (χ0n) is 18.2. The normalized spacial score (nSPS) is 14.7. The lowest BCUT2D eigenvalue weighted by Crippen LogP contribution is -2.41. The number of methoxy groups -OCH3 is 3. The van der Waals surface area contributed by atoms with Crippen molar-refractivity contribution in [1.82, 2.24) is 5.32 Å². The van der Waals surface area contributed by atoms with Gasteiger partial charge in [0, 0.05) is 30.3 Å². The molecule has 0 atom stereocenters. The maximum Gasteiger partial charge on any atom is 0.270 e. The molecule has 0 bridgehead atoms. The molecule has 2 aromatic carbocycles. The second kappa shape index (κ2) is 8.89. The number of anilines is 1. The highest BCUT2D eigenvalue weighted by Crippen LogP contribution is 2.44. The number of nitrogens with one attached hydrogen (secondary N) is 1. The highest BCUT2D eigenvalue weighted by Gasteiger charge is 2.39. The number of amides is 1. The first-order valence-corrected chi connectivity index (χ1v) is 11.1. The van der Waals surface area contributed by atoms with Gasteiger partial charge in [0.05, 0.1) is 27.0 Å². The van der Waals surface area contributed by atoms with Gasteiger partial charge in [0.1, 0.15) is 5.75 Å². The van der Waals surface area contributed by atoms with Crippen molar-refractivity contribution in [2.75, 3.05) is 32.2 Å². The van der Waals surface area contributed by atoms with Gasteiger partial charge >= 0.3 is 0 Å². The van der Waals surface area contributed by atoms with Crippen LogP contribution in [0.5, 0.6) is 17.2 Å². The summed E-state index contributed by atoms with van der Waals surface area (Å²) in [6.07, 6.45) is 0. The van der Waals surface area contributed by atoms with Crippen LogP contribution in [-0.4, -0.2) is 42.2 Å². The van der Waals surface area contributed by atoms with E-state index in [1.54, 1.807) is 38.1 Å². The van der Waals surface area contributed by atoms with Crippen LogP contribution >= 0.6 is 0 Å². The van der Waals surface area contributed by atoms with Gasteiger partial charge in [0.2, 0.25) is 0 Å². The van der Waals surface area contributed by atoms with Crippen LogP contribution in [0.15, 0.2) is 41.3 Å². The lowest BCUT2D eigenvalue weighted by molar-refractivity contribution is -0.117. The van der Waals surface area contributed by atoms with E-state index < -0.39 is 15.9 Å². The van der Waals surface area contributed by atoms with Crippen molar-refractivity contribution in [1.29, 1.82) is 0 Å². The second-order valence-corrected chi connectivity index (χ2v) is 8.64. The van der Waals surface area contributed by atoms with E-state index >= 15 is 0 Å². The first-order chi connectivity index (χ1) is 14.8. The van der Waals surface area contributed by atoms with Crippen LogP contribution in [0.1, 0.15) is 25.0 Å². The summed E-state index contributed by atoms with van der Waals surface area (Å²) >= 11 is 0. The van der Waals surface area contributed by atoms with E-state index in [1.807, 2.05) is 12.1 Å². The minimum Gasteiger partial charge on any atom is -0.496 e. The standard InChI is InChI=1S/C22H26N2O6S/c1-6-24-17-12-20(30-5)19(29-4)11-16(17)14(2)21(31(24,26)27)22(25)23-13-15-9-7-8-10-18(15)28-3/h7-12H,6,13H2,1-5H3,(H,23,25). The Labute approximate surface area is 182 Å². The van der Waals surface area contributed by atoms with Crippen LogP contribution < -0.4 is 23.8 Å². The van der Waals surface area contributed by atoms with Crippen molar-refractivity contribution in [3.05, 3.63) is 52.4 Å². The van der Waals surface area contributed by atoms with Crippen LogP contribution in [-0.2, 0) is 21.4 Å². The Morgan fingerprint density at radius 3 is 2.23 bits per heavy atom. The highest BCUT2D eigenvalue weighted by atomic mass is 32.2. The number of rotatable bonds is 7. The number of hydrogen-bond donors (Lipinski definition) is 1. The summed E-state index contributed by atoms with van der Waals surface area (Å²) in [5.74, 6) is 0.788. The quantitative estimate of drug-likeness (QED) is 0.703. The lowest BCUT2D eigenvalue weighted by atomic mass is 10.0. The Morgan fingerprint density at radius 2 is 1.61 bits per heavy atom. The van der Waals surface area contributed by atoms with Gasteiger partial charge < -0.3 is 19.5 Å². The molecule has 1 amide bonds. The molecule has 2 aromatic rings. The smallest absolute Gasteiger partial charge is 0.270 e. The summed E-state index contributed by atoms with van der Waals surface area (Å²) < 4.78 is 43.9. The molecule has 9 heteroatoms. The van der Waals surface area contributed by atoms with E-state index in [9.17, 15) is 13.2 Å². The number of nitrogens with zero attached hydrogens (tertiary/aromatic N) is 1. The SMILES string of the molecule is CCN1c2cc(OC)c(OC)cc2C(C)=C(C(=O)NCc2ccccc2OC)S1(=O)=O. The summed E-state index contributed by atoms with van der Waals surface area (Å²) in [5, 5.41) is 2.72. The largest absolute Gasteiger partial charge is 0.496 e. The molecule has 8 nitrogen and oxygen atoms in total. The summed E-state index contributed by atoms with van der Waals surface area (Å²) in [6.45, 7) is 3.61. The van der Waals surface area contributed by atoms with E-state index in [0.717, 1.165) is 5.56 Å². The van der Waals surface area contributed by atoms with Gasteiger partial charge in [-0.15, -0.1) is 0 Å². The van der Waals surface area contributed by atoms with E-state index in [1.165, 1.54) is 25.6 Å². The van der Waals surface area contributed by atoms with Crippen molar-refractivity contribution in [2.45, 2.75) is 20.4 Å². The van der Waals surface area contributed by atoms with Crippen LogP contribution in [0, 0.1) is 0 Å². The fourth-order valence-corrected chi connectivity index (χ4v) is 5.44. The van der Waals surface area contributed by atoms with Crippen molar-refractivity contribution >= 4 is 27.2 Å². The number of fused-ring (bicyclic) bond motifs is 1. The average molecular weight is 447 g/mol. The molecule has 1 heterocycles. The number of para-hydroxylation sites is 1. The molecule has 1 N–H and O–H groups in total. The summed E-state index contributed by atoms with van der Waals surface area (Å²) in [5.41, 5.74) is 2.12. The van der Waals surface area contributed by atoms with Crippen molar-refractivity contribution < 1.29 is 27.4 Å². The monoisotopic (exact) mass is 446 g/mol. The molecule has 3 rings (SSSR count). The Balaban J connectivity index is 2.07. The molecule has 0 unspecified atom stereocenters. The predicted molar refractivity (Wildman–Crippen MR) is 119 cm³/mol. The van der Waals surface area contributed by atoms with Crippen molar-refractivity contribution in [2.24, 2.45) is 0 Å². The molecule has 0 saturated carbocycles. The Hall–Kier alpha value is -3.20. The van der Waals surface area contributed by atoms with Gasteiger partial charge in [0.15, 0.2) is 16.4 Å². The third-order valence-electron chi connectivity index (χ3n) is 5.19. The molecule has 0 aromatic heterocycles. The molecular weight excluding hydrogens is 420 g/mol. The molecule has 0 fully saturated rings. The maximum atomic E-state index is 13.4. The number of allylic oxidation sites excluding steroid dienone is 1. The van der Waals surface area contributed by atoms with E-state index in [0.29, 0.717) is 34.1 Å². The third-order valence-corrected chi connectivity index (χ3v) is 7.23. The van der Waals surface area contributed by atoms with E-state index in [2.05, 4.69) is 5.32 Å². The van der Waals surface area contributed by atoms with Gasteiger partial charge in [-0.1, -0.05) is 18.2 Å². The molecule has 31 heavy (non-hydrogen) atoms. The van der Waals surface area contributed by atoms with E-state index in [4.69, 9.17) is 14.2 Å². The number of hydrogen-bond acceptors (Lipinski definition) is 6. The topological polar surface area (TPSA) is 94.2 Å². The lowest BCUT2D eigenvalue weighted by Gasteiger charge is -2.32. The molecule has 166 valence electrons. The summed E-state index contributed by atoms with van der Waals surface area (Å²) in [6, 6.07) is 10.5. The van der Waals surface area contributed by atoms with E-state index in [-0.39, 0.29) is 18.0 Å². The molecule has 1 aliphatic rings. The molecule has 0 spiro atoms. The fourth-order valence-electron chi connectivity index (χ4n) is 3.66. The predicted octanol–water partition coefficient (Wildman–Crippen LogP) is 2.93. The molecule has 0 aliphatic carbocycles. The van der Waals surface area contributed by atoms with Crippen LogP contribution in [0.2, 0.25) is 0 Å². The van der Waals surface area contributed by atoms with Gasteiger partial charge in [-0.05, 0) is 31.6 Å². The first-order valence-electron chi connectivity index (χ1n) is 9.70. The summed E-state index contributed by atoms with van der Waals surface area (Å²) in [7, 11) is 0.456. The molecule has 1 aliphatic heterocycles. The van der Waals surface area contributed by atoms with Crippen LogP contribution in [0.25, 0.3) is 5.57 Å². The Bertz CT molecular complexity index is 1140. The van der Waals surface area contributed by atoms with Crippen molar-refractivity contribution in [3.63, 3.8) is 0 Å². The fraction of sp³-hybridized carbons (Fsp3) is 0.318. The molecule has 0 saturated heterocycles. The Morgan fingerprint density at radius 1 is 1.00 bits per heavy atom. The van der Waals surface area contributed by atoms with Gasteiger partial charge in [-0.3, -0.25) is 9.10 Å². The zero-order valence-corrected chi connectivity index (χ0v) is 19.0. The number of sulfonamides is 1. The van der Waals surface area contributed by atoms with Gasteiger partial charge in [-0.25, -0.2) is 8.42 Å². The average Bonchev–Trinajstić information content (AvgIpc) is 2.76. The zero-order chi connectivity index (χ0) is 22.8. The van der Waals surface area contributed by atoms with Crippen molar-refractivity contribution in [3.8, 4) is 17.2 Å². The molecular formula is C22H26N2O6S. The van der Waals surface area contributed by atoms with Crippen LogP contribution in [0.3, 0.4) is 0 Å². The first kappa shape index (κ1) is 22.5.